The Labute approximate surface area is 89.2 Å². The summed E-state index contributed by atoms with van der Waals surface area (Å²) in [6.07, 6.45) is 2.00. The Kier molecular flexibility index (Phi) is 3.18. The Hall–Kier alpha value is -1.13. The fourth-order valence-corrected chi connectivity index (χ4v) is 1.83. The van der Waals surface area contributed by atoms with E-state index in [-0.39, 0.29) is 11.9 Å². The molecule has 1 atom stereocenters. The monoisotopic (exact) mass is 208 g/mol. The zero-order valence-corrected chi connectivity index (χ0v) is 8.90. The van der Waals surface area contributed by atoms with Crippen molar-refractivity contribution in [3.8, 4) is 0 Å². The molecule has 0 saturated carbocycles. The Morgan fingerprint density at radius 1 is 1.73 bits per heavy atom. The molecule has 0 aromatic carbocycles. The van der Waals surface area contributed by atoms with Crippen molar-refractivity contribution >= 4 is 5.78 Å². The second-order valence-corrected chi connectivity index (χ2v) is 3.92. The lowest BCUT2D eigenvalue weighted by Crippen LogP contribution is -2.43. The van der Waals surface area contributed by atoms with E-state index in [1.807, 2.05) is 19.1 Å². The first kappa shape index (κ1) is 10.4. The Balaban J connectivity index is 1.89. The molecular formula is C11H16N2O2. The summed E-state index contributed by atoms with van der Waals surface area (Å²) >= 11 is 0. The molecule has 1 saturated heterocycles. The van der Waals surface area contributed by atoms with E-state index in [1.165, 1.54) is 0 Å². The Morgan fingerprint density at radius 3 is 3.27 bits per heavy atom. The molecule has 0 bridgehead atoms. The number of ketones is 1. The molecule has 1 aliphatic heterocycles. The average Bonchev–Trinajstić information content (AvgIpc) is 2.70. The molecule has 1 aliphatic rings. The summed E-state index contributed by atoms with van der Waals surface area (Å²) in [7, 11) is 0. The van der Waals surface area contributed by atoms with Crippen LogP contribution >= 0.6 is 0 Å². The average molecular weight is 208 g/mol. The molecule has 0 amide bonds. The minimum Gasteiger partial charge on any atom is -0.376 e. The molecule has 82 valence electrons. The van der Waals surface area contributed by atoms with E-state index in [0.717, 1.165) is 19.7 Å². The number of rotatable bonds is 3. The van der Waals surface area contributed by atoms with Gasteiger partial charge in [-0.05, 0) is 19.1 Å². The standard InChI is InChI=1S/C11H16N2O2/c1-9-7-13(5-6-15-9)8-11(14)10-3-2-4-12-10/h2-4,9,12H,5-8H2,1H3. The van der Waals surface area contributed by atoms with Crippen molar-refractivity contribution < 1.29 is 9.53 Å². The number of carbonyl (C=O) groups is 1. The van der Waals surface area contributed by atoms with Gasteiger partial charge in [-0.2, -0.15) is 0 Å². The maximum atomic E-state index is 11.8. The van der Waals surface area contributed by atoms with Gasteiger partial charge in [0.1, 0.15) is 0 Å². The van der Waals surface area contributed by atoms with Crippen molar-refractivity contribution in [2.45, 2.75) is 13.0 Å². The van der Waals surface area contributed by atoms with Gasteiger partial charge in [0.25, 0.3) is 0 Å². The molecule has 2 heterocycles. The third-order valence-electron chi connectivity index (χ3n) is 2.59. The largest absolute Gasteiger partial charge is 0.376 e. The van der Waals surface area contributed by atoms with Gasteiger partial charge in [0.05, 0.1) is 24.9 Å². The van der Waals surface area contributed by atoms with Crippen LogP contribution < -0.4 is 0 Å². The van der Waals surface area contributed by atoms with Gasteiger partial charge < -0.3 is 9.72 Å². The van der Waals surface area contributed by atoms with Crippen LogP contribution in [0.5, 0.6) is 0 Å². The molecule has 1 fully saturated rings. The number of nitrogens with one attached hydrogen (secondary N) is 1. The highest BCUT2D eigenvalue weighted by atomic mass is 16.5. The van der Waals surface area contributed by atoms with Crippen molar-refractivity contribution in [1.82, 2.24) is 9.88 Å². The topological polar surface area (TPSA) is 45.3 Å². The first-order valence-electron chi connectivity index (χ1n) is 5.26. The number of aromatic nitrogens is 1. The number of aromatic amines is 1. The van der Waals surface area contributed by atoms with Gasteiger partial charge in [-0.25, -0.2) is 0 Å². The molecule has 0 radical (unpaired) electrons. The molecule has 15 heavy (non-hydrogen) atoms. The summed E-state index contributed by atoms with van der Waals surface area (Å²) in [6, 6.07) is 3.65. The van der Waals surface area contributed by atoms with Crippen LogP contribution in [-0.2, 0) is 4.74 Å². The minimum absolute atomic E-state index is 0.147. The maximum absolute atomic E-state index is 11.8. The molecule has 0 spiro atoms. The summed E-state index contributed by atoms with van der Waals surface area (Å²) in [5, 5.41) is 0. The first-order valence-corrected chi connectivity index (χ1v) is 5.26. The van der Waals surface area contributed by atoms with Crippen LogP contribution in [0.15, 0.2) is 18.3 Å². The van der Waals surface area contributed by atoms with Gasteiger partial charge in [-0.3, -0.25) is 9.69 Å². The first-order chi connectivity index (χ1) is 7.25. The molecule has 1 unspecified atom stereocenters. The number of ether oxygens (including phenoxy) is 1. The Morgan fingerprint density at radius 2 is 2.60 bits per heavy atom. The van der Waals surface area contributed by atoms with Crippen molar-refractivity contribution in [2.75, 3.05) is 26.2 Å². The van der Waals surface area contributed by atoms with Gasteiger partial charge >= 0.3 is 0 Å². The summed E-state index contributed by atoms with van der Waals surface area (Å²) in [5.74, 6) is 0.147. The number of morpholine rings is 1. The van der Waals surface area contributed by atoms with Crippen molar-refractivity contribution in [1.29, 1.82) is 0 Å². The fourth-order valence-electron chi connectivity index (χ4n) is 1.83. The van der Waals surface area contributed by atoms with E-state index < -0.39 is 0 Å². The zero-order valence-electron chi connectivity index (χ0n) is 8.90. The number of Topliss-reactive ketones (excluding diaryl/α,β-unsaturated/α-hetero) is 1. The second kappa shape index (κ2) is 4.59. The lowest BCUT2D eigenvalue weighted by molar-refractivity contribution is -0.0158. The van der Waals surface area contributed by atoms with E-state index in [1.54, 1.807) is 6.20 Å². The maximum Gasteiger partial charge on any atom is 0.192 e. The molecule has 1 aromatic rings. The van der Waals surface area contributed by atoms with Gasteiger partial charge in [0.15, 0.2) is 5.78 Å². The van der Waals surface area contributed by atoms with E-state index in [4.69, 9.17) is 4.74 Å². The molecular weight excluding hydrogens is 192 g/mol. The summed E-state index contributed by atoms with van der Waals surface area (Å²) in [5.41, 5.74) is 0.689. The predicted octanol–water partition coefficient (Wildman–Crippen LogP) is 0.918. The van der Waals surface area contributed by atoms with Crippen LogP contribution in [0.3, 0.4) is 0 Å². The number of carbonyl (C=O) groups excluding carboxylic acids is 1. The molecule has 1 aromatic heterocycles. The van der Waals surface area contributed by atoms with Crippen LogP contribution in [0.25, 0.3) is 0 Å². The predicted molar refractivity (Wildman–Crippen MR) is 57.0 cm³/mol. The smallest absolute Gasteiger partial charge is 0.192 e. The molecule has 4 heteroatoms. The highest BCUT2D eigenvalue weighted by Gasteiger charge is 2.19. The number of nitrogens with zero attached hydrogens (tertiary/aromatic N) is 1. The summed E-state index contributed by atoms with van der Waals surface area (Å²) in [4.78, 5) is 16.8. The Bertz CT molecular complexity index is 321. The quantitative estimate of drug-likeness (QED) is 0.751. The van der Waals surface area contributed by atoms with Crippen LogP contribution in [0.2, 0.25) is 0 Å². The summed E-state index contributed by atoms with van der Waals surface area (Å²) in [6.45, 7) is 4.92. The third-order valence-corrected chi connectivity index (χ3v) is 2.59. The molecule has 4 nitrogen and oxygen atoms in total. The van der Waals surface area contributed by atoms with E-state index in [0.29, 0.717) is 12.2 Å². The van der Waals surface area contributed by atoms with Crippen molar-refractivity contribution in [3.63, 3.8) is 0 Å². The van der Waals surface area contributed by atoms with Crippen molar-refractivity contribution in [2.24, 2.45) is 0 Å². The van der Waals surface area contributed by atoms with E-state index in [9.17, 15) is 4.79 Å². The number of hydrogen-bond acceptors (Lipinski definition) is 3. The normalized spacial score (nSPS) is 22.9. The molecule has 1 N–H and O–H groups in total. The van der Waals surface area contributed by atoms with Gasteiger partial charge in [-0.15, -0.1) is 0 Å². The SMILES string of the molecule is CC1CN(CC(=O)c2ccc[nH]2)CCO1. The van der Waals surface area contributed by atoms with Gasteiger partial charge in [0.2, 0.25) is 0 Å². The molecule has 2 rings (SSSR count). The third kappa shape index (κ3) is 2.67. The molecule has 0 aliphatic carbocycles. The van der Waals surface area contributed by atoms with Gasteiger partial charge in [-0.1, -0.05) is 0 Å². The van der Waals surface area contributed by atoms with Crippen LogP contribution in [0.1, 0.15) is 17.4 Å². The highest BCUT2D eigenvalue weighted by Crippen LogP contribution is 2.06. The fraction of sp³-hybridized carbons (Fsp3) is 0.545. The lowest BCUT2D eigenvalue weighted by atomic mass is 10.2. The zero-order chi connectivity index (χ0) is 10.7. The minimum atomic E-state index is 0.147. The summed E-state index contributed by atoms with van der Waals surface area (Å²) < 4.78 is 5.42. The van der Waals surface area contributed by atoms with Crippen LogP contribution in [0, 0.1) is 0 Å². The lowest BCUT2D eigenvalue weighted by Gasteiger charge is -2.30. The highest BCUT2D eigenvalue weighted by molar-refractivity contribution is 5.95. The second-order valence-electron chi connectivity index (χ2n) is 3.92. The van der Waals surface area contributed by atoms with E-state index in [2.05, 4.69) is 9.88 Å². The van der Waals surface area contributed by atoms with E-state index >= 15 is 0 Å². The van der Waals surface area contributed by atoms with Crippen LogP contribution in [0.4, 0.5) is 0 Å². The van der Waals surface area contributed by atoms with Crippen LogP contribution in [-0.4, -0.2) is 48.0 Å². The van der Waals surface area contributed by atoms with Gasteiger partial charge in [0, 0.05) is 19.3 Å². The number of H-pyrrole nitrogens is 1. The van der Waals surface area contributed by atoms with Crippen molar-refractivity contribution in [3.05, 3.63) is 24.0 Å². The number of hydrogen-bond donors (Lipinski definition) is 1.